The lowest BCUT2D eigenvalue weighted by Gasteiger charge is -2.03. The summed E-state index contributed by atoms with van der Waals surface area (Å²) in [6, 6.07) is 10.3. The molecular weight excluding hydrogens is 352 g/mol. The second-order valence-corrected chi connectivity index (χ2v) is 7.27. The van der Waals surface area contributed by atoms with Crippen molar-refractivity contribution in [3.05, 3.63) is 53.6 Å². The van der Waals surface area contributed by atoms with Gasteiger partial charge in [-0.2, -0.15) is 14.7 Å². The van der Waals surface area contributed by atoms with Crippen LogP contribution < -0.4 is 5.32 Å². The summed E-state index contributed by atoms with van der Waals surface area (Å²) in [6.45, 7) is 4.85. The van der Waals surface area contributed by atoms with Crippen LogP contribution in [0.4, 0.5) is 5.82 Å². The first kappa shape index (κ1) is 16.9. The number of pyridine rings is 1. The highest BCUT2D eigenvalue weighted by Crippen LogP contribution is 2.54. The van der Waals surface area contributed by atoms with E-state index in [4.69, 9.17) is 5.10 Å². The van der Waals surface area contributed by atoms with Gasteiger partial charge in [0.15, 0.2) is 11.5 Å². The molecule has 1 fully saturated rings. The molecule has 0 spiro atoms. The molecule has 4 aromatic heterocycles. The van der Waals surface area contributed by atoms with Crippen LogP contribution in [0.2, 0.25) is 0 Å². The van der Waals surface area contributed by atoms with Crippen LogP contribution >= 0.6 is 0 Å². The van der Waals surface area contributed by atoms with Crippen LogP contribution in [0.3, 0.4) is 0 Å². The lowest BCUT2D eigenvalue weighted by Crippen LogP contribution is -2.00. The Balaban J connectivity index is 1.40. The number of aromatic nitrogens is 7. The van der Waals surface area contributed by atoms with Gasteiger partial charge in [0, 0.05) is 25.7 Å². The van der Waals surface area contributed by atoms with Crippen molar-refractivity contribution >= 4 is 11.5 Å². The molecule has 0 aliphatic heterocycles. The molecule has 1 aliphatic carbocycles. The third-order valence-electron chi connectivity index (χ3n) is 5.32. The van der Waals surface area contributed by atoms with Crippen molar-refractivity contribution in [1.82, 2.24) is 34.6 Å². The summed E-state index contributed by atoms with van der Waals surface area (Å²) in [7, 11) is 1.97. The molecule has 4 aromatic rings. The fraction of sp³-hybridized carbons (Fsp3) is 0.350. The van der Waals surface area contributed by atoms with Crippen LogP contribution in [-0.2, 0) is 7.05 Å². The van der Waals surface area contributed by atoms with Gasteiger partial charge >= 0.3 is 0 Å². The van der Waals surface area contributed by atoms with E-state index in [0.717, 1.165) is 47.3 Å². The fourth-order valence-electron chi connectivity index (χ4n) is 3.74. The molecule has 2 atom stereocenters. The van der Waals surface area contributed by atoms with E-state index in [1.165, 1.54) is 5.56 Å². The topological polar surface area (TPSA) is 85.8 Å². The van der Waals surface area contributed by atoms with Gasteiger partial charge in [0.05, 0.1) is 11.4 Å². The Morgan fingerprint density at radius 2 is 2.00 bits per heavy atom. The van der Waals surface area contributed by atoms with Crippen LogP contribution in [0.25, 0.3) is 17.0 Å². The summed E-state index contributed by atoms with van der Waals surface area (Å²) >= 11 is 0. The molecule has 2 unspecified atom stereocenters. The van der Waals surface area contributed by atoms with Crippen molar-refractivity contribution in [1.29, 1.82) is 0 Å². The third kappa shape index (κ3) is 2.81. The monoisotopic (exact) mass is 374 g/mol. The fourth-order valence-corrected chi connectivity index (χ4v) is 3.74. The standard InChI is InChI=1S/C20H22N8/c1-4-21-19-7-5-13(11-22-19)14-9-15(14)17-10-18(27(3)25-17)16-6-8-20-24-23-12(2)28(20)26-16/h5-8,10-11,14-15H,4,9H2,1-3H3,(H,21,22). The van der Waals surface area contributed by atoms with Crippen LogP contribution in [0.15, 0.2) is 36.5 Å². The van der Waals surface area contributed by atoms with Crippen molar-refractivity contribution in [2.24, 2.45) is 7.05 Å². The predicted molar refractivity (Wildman–Crippen MR) is 106 cm³/mol. The Hall–Kier alpha value is -3.29. The van der Waals surface area contributed by atoms with E-state index in [-0.39, 0.29) is 0 Å². The molecule has 4 heterocycles. The van der Waals surface area contributed by atoms with Gasteiger partial charge in [0.1, 0.15) is 11.5 Å². The lowest BCUT2D eigenvalue weighted by atomic mass is 10.1. The molecule has 0 amide bonds. The first-order valence-electron chi connectivity index (χ1n) is 9.57. The minimum Gasteiger partial charge on any atom is -0.370 e. The van der Waals surface area contributed by atoms with E-state index < -0.39 is 0 Å². The van der Waals surface area contributed by atoms with E-state index in [9.17, 15) is 0 Å². The summed E-state index contributed by atoms with van der Waals surface area (Å²) in [5.74, 6) is 2.62. The Kier molecular flexibility index (Phi) is 3.85. The highest BCUT2D eigenvalue weighted by Gasteiger charge is 2.41. The highest BCUT2D eigenvalue weighted by molar-refractivity contribution is 5.57. The van der Waals surface area contributed by atoms with Crippen molar-refractivity contribution in [2.75, 3.05) is 11.9 Å². The number of anilines is 1. The molecule has 28 heavy (non-hydrogen) atoms. The maximum absolute atomic E-state index is 4.77. The van der Waals surface area contributed by atoms with Crippen LogP contribution in [0.1, 0.15) is 42.3 Å². The number of hydrogen-bond donors (Lipinski definition) is 1. The van der Waals surface area contributed by atoms with E-state index in [1.807, 2.05) is 37.0 Å². The summed E-state index contributed by atoms with van der Waals surface area (Å²) in [5.41, 5.74) is 5.00. The van der Waals surface area contributed by atoms with Crippen LogP contribution in [0.5, 0.6) is 0 Å². The third-order valence-corrected chi connectivity index (χ3v) is 5.32. The molecule has 0 radical (unpaired) electrons. The van der Waals surface area contributed by atoms with Gasteiger partial charge < -0.3 is 5.32 Å². The van der Waals surface area contributed by atoms with E-state index in [0.29, 0.717) is 11.8 Å². The van der Waals surface area contributed by atoms with Gasteiger partial charge in [0.2, 0.25) is 0 Å². The Morgan fingerprint density at radius 3 is 2.79 bits per heavy atom. The smallest absolute Gasteiger partial charge is 0.177 e. The van der Waals surface area contributed by atoms with Gasteiger partial charge in [-0.1, -0.05) is 6.07 Å². The summed E-state index contributed by atoms with van der Waals surface area (Å²) in [5, 5.41) is 20.9. The highest BCUT2D eigenvalue weighted by atomic mass is 15.4. The molecule has 0 saturated heterocycles. The molecule has 8 nitrogen and oxygen atoms in total. The summed E-state index contributed by atoms with van der Waals surface area (Å²) in [4.78, 5) is 4.50. The zero-order chi connectivity index (χ0) is 19.3. The number of aryl methyl sites for hydroxylation is 2. The average molecular weight is 374 g/mol. The summed E-state index contributed by atoms with van der Waals surface area (Å²) < 4.78 is 3.67. The second kappa shape index (κ2) is 6.40. The molecule has 8 heteroatoms. The number of hydrogen-bond acceptors (Lipinski definition) is 6. The second-order valence-electron chi connectivity index (χ2n) is 7.27. The average Bonchev–Trinajstić information content (AvgIpc) is 3.29. The maximum atomic E-state index is 4.77. The minimum atomic E-state index is 0.437. The number of rotatable bonds is 5. The molecule has 5 rings (SSSR count). The largest absolute Gasteiger partial charge is 0.370 e. The van der Waals surface area contributed by atoms with Crippen LogP contribution in [-0.4, -0.2) is 41.1 Å². The molecule has 1 saturated carbocycles. The Bertz CT molecular complexity index is 1140. The van der Waals surface area contributed by atoms with Gasteiger partial charge in [-0.3, -0.25) is 4.68 Å². The number of nitrogens with one attached hydrogen (secondary N) is 1. The lowest BCUT2D eigenvalue weighted by molar-refractivity contribution is 0.741. The first-order chi connectivity index (χ1) is 13.6. The predicted octanol–water partition coefficient (Wildman–Crippen LogP) is 2.93. The normalized spacial score (nSPS) is 18.5. The SMILES string of the molecule is CCNc1ccc(C2CC2c2cc(-c3ccc4nnc(C)n4n3)n(C)n2)cn1. The van der Waals surface area contributed by atoms with E-state index in [1.54, 1.807) is 4.52 Å². The van der Waals surface area contributed by atoms with Crippen molar-refractivity contribution < 1.29 is 0 Å². The minimum absolute atomic E-state index is 0.437. The molecule has 1 aliphatic rings. The number of nitrogens with zero attached hydrogens (tertiary/aromatic N) is 7. The summed E-state index contributed by atoms with van der Waals surface area (Å²) in [6.07, 6.45) is 3.09. The van der Waals surface area contributed by atoms with Gasteiger partial charge in [-0.05, 0) is 56.0 Å². The Morgan fingerprint density at radius 1 is 1.11 bits per heavy atom. The quantitative estimate of drug-likeness (QED) is 0.578. The first-order valence-corrected chi connectivity index (χ1v) is 9.57. The molecule has 0 bridgehead atoms. The molecule has 1 N–H and O–H groups in total. The van der Waals surface area contributed by atoms with Crippen molar-refractivity contribution in [3.8, 4) is 11.4 Å². The molecular formula is C20H22N8. The molecule has 0 aromatic carbocycles. The van der Waals surface area contributed by atoms with Crippen molar-refractivity contribution in [3.63, 3.8) is 0 Å². The van der Waals surface area contributed by atoms with Gasteiger partial charge in [0.25, 0.3) is 0 Å². The van der Waals surface area contributed by atoms with Crippen molar-refractivity contribution in [2.45, 2.75) is 32.1 Å². The Labute approximate surface area is 162 Å². The van der Waals surface area contributed by atoms with Gasteiger partial charge in [-0.15, -0.1) is 10.2 Å². The van der Waals surface area contributed by atoms with E-state index in [2.05, 4.69) is 50.7 Å². The zero-order valence-corrected chi connectivity index (χ0v) is 16.2. The number of fused-ring (bicyclic) bond motifs is 1. The maximum Gasteiger partial charge on any atom is 0.177 e. The van der Waals surface area contributed by atoms with Gasteiger partial charge in [-0.25, -0.2) is 4.98 Å². The van der Waals surface area contributed by atoms with Crippen LogP contribution in [0, 0.1) is 6.92 Å². The molecule has 142 valence electrons. The van der Waals surface area contributed by atoms with E-state index >= 15 is 0 Å². The zero-order valence-electron chi connectivity index (χ0n) is 16.2.